The van der Waals surface area contributed by atoms with E-state index in [1.807, 2.05) is 18.7 Å². The van der Waals surface area contributed by atoms with Crippen molar-refractivity contribution >= 4 is 0 Å². The lowest BCUT2D eigenvalue weighted by molar-refractivity contribution is 0.229. The summed E-state index contributed by atoms with van der Waals surface area (Å²) in [6.07, 6.45) is 2.17. The van der Waals surface area contributed by atoms with Crippen LogP contribution in [0.1, 0.15) is 29.8 Å². The summed E-state index contributed by atoms with van der Waals surface area (Å²) in [5.41, 5.74) is 3.55. The second kappa shape index (κ2) is 3.61. The number of nitrogens with one attached hydrogen (secondary N) is 1. The highest BCUT2D eigenvalue weighted by Crippen LogP contribution is 2.35. The Bertz CT molecular complexity index is 366. The van der Waals surface area contributed by atoms with Crippen molar-refractivity contribution in [2.75, 3.05) is 6.61 Å². The highest BCUT2D eigenvalue weighted by atomic mass is 16.3. The number of hydrogen-bond acceptors (Lipinski definition) is 3. The molecular formula is C11H19N3O. The van der Waals surface area contributed by atoms with Crippen LogP contribution in [0, 0.1) is 13.8 Å². The van der Waals surface area contributed by atoms with Crippen LogP contribution in [0.2, 0.25) is 0 Å². The third-order valence-corrected chi connectivity index (χ3v) is 3.46. The Balaban J connectivity index is 2.05. The minimum Gasteiger partial charge on any atom is -0.394 e. The average Bonchev–Trinajstić information content (AvgIpc) is 2.93. The van der Waals surface area contributed by atoms with Gasteiger partial charge in [0.25, 0.3) is 0 Å². The number of rotatable bonds is 4. The zero-order valence-corrected chi connectivity index (χ0v) is 9.67. The molecule has 0 bridgehead atoms. The van der Waals surface area contributed by atoms with Crippen LogP contribution >= 0.6 is 0 Å². The Morgan fingerprint density at radius 2 is 2.13 bits per heavy atom. The van der Waals surface area contributed by atoms with Crippen LogP contribution in [-0.2, 0) is 13.6 Å². The molecule has 1 fully saturated rings. The second-order valence-corrected chi connectivity index (χ2v) is 4.56. The maximum Gasteiger partial charge on any atom is 0.0641 e. The van der Waals surface area contributed by atoms with Gasteiger partial charge < -0.3 is 10.4 Å². The molecule has 1 saturated carbocycles. The van der Waals surface area contributed by atoms with Gasteiger partial charge in [-0.2, -0.15) is 5.10 Å². The summed E-state index contributed by atoms with van der Waals surface area (Å²) >= 11 is 0. The Labute approximate surface area is 90.3 Å². The molecule has 1 aromatic rings. The lowest BCUT2D eigenvalue weighted by Gasteiger charge is -2.14. The van der Waals surface area contributed by atoms with Gasteiger partial charge in [0.1, 0.15) is 0 Å². The first-order chi connectivity index (χ1) is 7.08. The van der Waals surface area contributed by atoms with Crippen molar-refractivity contribution < 1.29 is 5.11 Å². The Hall–Kier alpha value is -0.870. The fourth-order valence-electron chi connectivity index (χ4n) is 1.89. The fourth-order valence-corrected chi connectivity index (χ4v) is 1.89. The molecule has 0 saturated heterocycles. The van der Waals surface area contributed by atoms with Crippen LogP contribution in [-0.4, -0.2) is 27.0 Å². The number of aryl methyl sites for hydroxylation is 2. The number of hydrogen-bond donors (Lipinski definition) is 2. The van der Waals surface area contributed by atoms with E-state index in [9.17, 15) is 5.11 Å². The summed E-state index contributed by atoms with van der Waals surface area (Å²) in [6, 6.07) is 0. The molecule has 1 heterocycles. The standard InChI is InChI=1S/C11H19N3O/c1-8-10(9(2)14(3)13-8)6-12-11(7-15)4-5-11/h12,15H,4-7H2,1-3H3. The van der Waals surface area contributed by atoms with E-state index in [-0.39, 0.29) is 12.1 Å². The van der Waals surface area contributed by atoms with Gasteiger partial charge in [-0.1, -0.05) is 0 Å². The van der Waals surface area contributed by atoms with Gasteiger partial charge in [0, 0.05) is 30.4 Å². The van der Waals surface area contributed by atoms with Gasteiger partial charge in [-0.15, -0.1) is 0 Å². The summed E-state index contributed by atoms with van der Waals surface area (Å²) < 4.78 is 1.91. The first-order valence-electron chi connectivity index (χ1n) is 5.43. The van der Waals surface area contributed by atoms with E-state index in [0.717, 1.165) is 25.1 Å². The smallest absolute Gasteiger partial charge is 0.0641 e. The van der Waals surface area contributed by atoms with Gasteiger partial charge in [-0.05, 0) is 26.7 Å². The van der Waals surface area contributed by atoms with Crippen molar-refractivity contribution in [3.63, 3.8) is 0 Å². The molecule has 4 nitrogen and oxygen atoms in total. The maximum atomic E-state index is 9.20. The van der Waals surface area contributed by atoms with Gasteiger partial charge in [0.05, 0.1) is 12.3 Å². The number of aliphatic hydroxyl groups excluding tert-OH is 1. The molecule has 4 heteroatoms. The Morgan fingerprint density at radius 3 is 2.53 bits per heavy atom. The Morgan fingerprint density at radius 1 is 1.47 bits per heavy atom. The summed E-state index contributed by atoms with van der Waals surface area (Å²) in [6.45, 7) is 5.16. The number of aromatic nitrogens is 2. The minimum absolute atomic E-state index is 0.00865. The molecule has 0 unspecified atom stereocenters. The first-order valence-corrected chi connectivity index (χ1v) is 5.43. The van der Waals surface area contributed by atoms with E-state index in [1.54, 1.807) is 0 Å². The number of nitrogens with zero attached hydrogens (tertiary/aromatic N) is 2. The topological polar surface area (TPSA) is 50.1 Å². The van der Waals surface area contributed by atoms with E-state index in [2.05, 4.69) is 17.3 Å². The molecule has 1 aliphatic carbocycles. The van der Waals surface area contributed by atoms with Gasteiger partial charge in [0.15, 0.2) is 0 Å². The molecule has 1 aliphatic rings. The SMILES string of the molecule is Cc1nn(C)c(C)c1CNC1(CO)CC1. The van der Waals surface area contributed by atoms with Crippen LogP contribution < -0.4 is 5.32 Å². The molecule has 15 heavy (non-hydrogen) atoms. The fraction of sp³-hybridized carbons (Fsp3) is 0.727. The summed E-state index contributed by atoms with van der Waals surface area (Å²) in [4.78, 5) is 0. The molecule has 0 aliphatic heterocycles. The molecule has 2 N–H and O–H groups in total. The summed E-state index contributed by atoms with van der Waals surface area (Å²) in [5, 5.41) is 17.0. The molecule has 0 atom stereocenters. The van der Waals surface area contributed by atoms with Gasteiger partial charge in [-0.25, -0.2) is 0 Å². The third kappa shape index (κ3) is 1.92. The van der Waals surface area contributed by atoms with Crippen LogP contribution in [0.5, 0.6) is 0 Å². The van der Waals surface area contributed by atoms with Crippen molar-refractivity contribution in [1.29, 1.82) is 0 Å². The summed E-state index contributed by atoms with van der Waals surface area (Å²) in [5.74, 6) is 0. The normalized spacial score (nSPS) is 18.1. The van der Waals surface area contributed by atoms with E-state index >= 15 is 0 Å². The van der Waals surface area contributed by atoms with Crippen molar-refractivity contribution in [3.05, 3.63) is 17.0 Å². The van der Waals surface area contributed by atoms with Gasteiger partial charge >= 0.3 is 0 Å². The van der Waals surface area contributed by atoms with E-state index < -0.39 is 0 Å². The van der Waals surface area contributed by atoms with Crippen LogP contribution in [0.4, 0.5) is 0 Å². The molecule has 0 radical (unpaired) electrons. The molecule has 0 spiro atoms. The Kier molecular flexibility index (Phi) is 2.56. The van der Waals surface area contributed by atoms with Crippen molar-refractivity contribution in [2.24, 2.45) is 7.05 Å². The molecular weight excluding hydrogens is 190 g/mol. The first kappa shape index (κ1) is 10.6. The van der Waals surface area contributed by atoms with Crippen LogP contribution in [0.3, 0.4) is 0 Å². The predicted molar refractivity (Wildman–Crippen MR) is 58.6 cm³/mol. The zero-order chi connectivity index (χ0) is 11.1. The second-order valence-electron chi connectivity index (χ2n) is 4.56. The van der Waals surface area contributed by atoms with E-state index in [4.69, 9.17) is 0 Å². The van der Waals surface area contributed by atoms with E-state index in [0.29, 0.717) is 0 Å². The highest BCUT2D eigenvalue weighted by Gasteiger charge is 2.41. The van der Waals surface area contributed by atoms with Crippen LogP contribution in [0.15, 0.2) is 0 Å². The maximum absolute atomic E-state index is 9.20. The largest absolute Gasteiger partial charge is 0.394 e. The molecule has 2 rings (SSSR count). The third-order valence-electron chi connectivity index (χ3n) is 3.46. The van der Waals surface area contributed by atoms with Gasteiger partial charge in [-0.3, -0.25) is 4.68 Å². The van der Waals surface area contributed by atoms with Crippen molar-refractivity contribution in [2.45, 2.75) is 38.8 Å². The minimum atomic E-state index is 0.00865. The van der Waals surface area contributed by atoms with Crippen molar-refractivity contribution in [1.82, 2.24) is 15.1 Å². The van der Waals surface area contributed by atoms with Crippen molar-refractivity contribution in [3.8, 4) is 0 Å². The molecule has 84 valence electrons. The number of aliphatic hydroxyl groups is 1. The zero-order valence-electron chi connectivity index (χ0n) is 9.67. The lowest BCUT2D eigenvalue weighted by atomic mass is 10.2. The quantitative estimate of drug-likeness (QED) is 0.765. The van der Waals surface area contributed by atoms with Crippen LogP contribution in [0.25, 0.3) is 0 Å². The summed E-state index contributed by atoms with van der Waals surface area (Å²) in [7, 11) is 1.96. The lowest BCUT2D eigenvalue weighted by Crippen LogP contribution is -2.34. The van der Waals surface area contributed by atoms with Gasteiger partial charge in [0.2, 0.25) is 0 Å². The molecule has 0 amide bonds. The molecule has 0 aromatic carbocycles. The predicted octanol–water partition coefficient (Wildman–Crippen LogP) is 0.651. The monoisotopic (exact) mass is 209 g/mol. The highest BCUT2D eigenvalue weighted by molar-refractivity contribution is 5.24. The molecule has 1 aromatic heterocycles. The van der Waals surface area contributed by atoms with E-state index in [1.165, 1.54) is 11.3 Å². The average molecular weight is 209 g/mol.